The fraction of sp³-hybridized carbons (Fsp3) is 0.231. The van der Waals surface area contributed by atoms with Gasteiger partial charge in [0.25, 0.3) is 0 Å². The quantitative estimate of drug-likeness (QED) is 0.939. The van der Waals surface area contributed by atoms with Gasteiger partial charge < -0.3 is 5.73 Å². The van der Waals surface area contributed by atoms with Crippen molar-refractivity contribution in [2.75, 3.05) is 0 Å². The Balaban J connectivity index is 2.47. The first-order chi connectivity index (χ1) is 9.44. The number of nitrogens with zero attached hydrogens (tertiary/aromatic N) is 3. The van der Waals surface area contributed by atoms with Crippen molar-refractivity contribution in [3.63, 3.8) is 0 Å². The number of rotatable bonds is 3. The minimum atomic E-state index is -4.43. The van der Waals surface area contributed by atoms with Gasteiger partial charge in [0.15, 0.2) is 0 Å². The van der Waals surface area contributed by atoms with Crippen LogP contribution in [0.2, 0.25) is 0 Å². The number of alkyl halides is 3. The topological polar surface area (TPSA) is 67.6 Å². The summed E-state index contributed by atoms with van der Waals surface area (Å²) in [6, 6.07) is 5.57. The molecule has 1 heterocycles. The number of hydrogen-bond donors (Lipinski definition) is 1. The molecule has 0 aliphatic heterocycles. The molecule has 0 atom stereocenters. The lowest BCUT2D eigenvalue weighted by Crippen LogP contribution is -2.07. The highest BCUT2D eigenvalue weighted by Crippen LogP contribution is 2.33. The van der Waals surface area contributed by atoms with Crippen molar-refractivity contribution in [2.24, 2.45) is 5.73 Å². The Morgan fingerprint density at radius 1 is 1.25 bits per heavy atom. The standard InChI is InChI=1S/C13H11F3N4/c14-13(15,16)12-4-9(6-18)3-10(5-12)11-7-19-20(8-11)2-1-17/h3-5,7-8H,2,6,18H2. The molecular formula is C13H11F3N4. The lowest BCUT2D eigenvalue weighted by molar-refractivity contribution is -0.137. The van der Waals surface area contributed by atoms with Gasteiger partial charge in [-0.3, -0.25) is 4.68 Å². The zero-order valence-electron chi connectivity index (χ0n) is 10.4. The van der Waals surface area contributed by atoms with Crippen LogP contribution in [0.15, 0.2) is 30.6 Å². The van der Waals surface area contributed by atoms with E-state index < -0.39 is 11.7 Å². The normalized spacial score (nSPS) is 11.3. The summed E-state index contributed by atoms with van der Waals surface area (Å²) in [5.74, 6) is 0. The van der Waals surface area contributed by atoms with Crippen molar-refractivity contribution < 1.29 is 13.2 Å². The van der Waals surface area contributed by atoms with E-state index in [0.29, 0.717) is 16.7 Å². The van der Waals surface area contributed by atoms with Gasteiger partial charge in [-0.05, 0) is 29.3 Å². The molecule has 4 nitrogen and oxygen atoms in total. The number of nitriles is 1. The Labute approximate surface area is 113 Å². The van der Waals surface area contributed by atoms with E-state index in [1.54, 1.807) is 6.07 Å². The summed E-state index contributed by atoms with van der Waals surface area (Å²) in [5, 5.41) is 12.5. The Morgan fingerprint density at radius 3 is 2.60 bits per heavy atom. The molecule has 2 rings (SSSR count). The third kappa shape index (κ3) is 2.97. The monoisotopic (exact) mass is 280 g/mol. The van der Waals surface area contributed by atoms with Gasteiger partial charge in [0, 0.05) is 18.3 Å². The molecule has 2 N–H and O–H groups in total. The predicted octanol–water partition coefficient (Wildman–Crippen LogP) is 2.55. The lowest BCUT2D eigenvalue weighted by Gasteiger charge is -2.10. The van der Waals surface area contributed by atoms with Gasteiger partial charge in [0.1, 0.15) is 6.54 Å². The summed E-state index contributed by atoms with van der Waals surface area (Å²) < 4.78 is 39.8. The maximum atomic E-state index is 12.8. The molecule has 0 amide bonds. The fourth-order valence-electron chi connectivity index (χ4n) is 1.81. The third-order valence-electron chi connectivity index (χ3n) is 2.76. The van der Waals surface area contributed by atoms with Gasteiger partial charge in [-0.1, -0.05) is 0 Å². The number of halogens is 3. The Bertz CT molecular complexity index is 652. The van der Waals surface area contributed by atoms with E-state index in [0.717, 1.165) is 12.1 Å². The molecule has 0 saturated carbocycles. The highest BCUT2D eigenvalue weighted by Gasteiger charge is 2.31. The molecule has 0 fully saturated rings. The molecule has 1 aromatic carbocycles. The average molecular weight is 280 g/mol. The first-order valence-corrected chi connectivity index (χ1v) is 5.75. The van der Waals surface area contributed by atoms with Gasteiger partial charge >= 0.3 is 6.18 Å². The van der Waals surface area contributed by atoms with E-state index in [-0.39, 0.29) is 13.1 Å². The number of nitrogens with two attached hydrogens (primary N) is 1. The van der Waals surface area contributed by atoms with E-state index >= 15 is 0 Å². The van der Waals surface area contributed by atoms with Crippen LogP contribution in [-0.2, 0) is 19.3 Å². The zero-order chi connectivity index (χ0) is 14.8. The van der Waals surface area contributed by atoms with Crippen molar-refractivity contribution in [2.45, 2.75) is 19.3 Å². The van der Waals surface area contributed by atoms with Crippen LogP contribution < -0.4 is 5.73 Å². The number of aromatic nitrogens is 2. The smallest absolute Gasteiger partial charge is 0.326 e. The van der Waals surface area contributed by atoms with E-state index in [1.807, 2.05) is 6.07 Å². The highest BCUT2D eigenvalue weighted by molar-refractivity contribution is 5.64. The minimum Gasteiger partial charge on any atom is -0.326 e. The summed E-state index contributed by atoms with van der Waals surface area (Å²) >= 11 is 0. The van der Waals surface area contributed by atoms with Crippen LogP contribution >= 0.6 is 0 Å². The second kappa shape index (κ2) is 5.35. The Hall–Kier alpha value is -2.33. The molecule has 1 aromatic heterocycles. The molecule has 0 spiro atoms. The molecular weight excluding hydrogens is 269 g/mol. The van der Waals surface area contributed by atoms with Crippen LogP contribution in [0, 0.1) is 11.3 Å². The number of benzene rings is 1. The van der Waals surface area contributed by atoms with Crippen molar-refractivity contribution >= 4 is 0 Å². The molecule has 20 heavy (non-hydrogen) atoms. The molecule has 104 valence electrons. The first kappa shape index (κ1) is 14.1. The summed E-state index contributed by atoms with van der Waals surface area (Å²) in [6.07, 6.45) is -1.48. The van der Waals surface area contributed by atoms with Gasteiger partial charge in [-0.2, -0.15) is 23.5 Å². The van der Waals surface area contributed by atoms with Gasteiger partial charge in [0.2, 0.25) is 0 Å². The molecule has 0 aliphatic carbocycles. The maximum absolute atomic E-state index is 12.8. The predicted molar refractivity (Wildman–Crippen MR) is 66.2 cm³/mol. The van der Waals surface area contributed by atoms with Crippen LogP contribution in [0.3, 0.4) is 0 Å². The van der Waals surface area contributed by atoms with E-state index in [4.69, 9.17) is 11.0 Å². The van der Waals surface area contributed by atoms with Gasteiger partial charge in [-0.25, -0.2) is 0 Å². The van der Waals surface area contributed by atoms with Crippen LogP contribution in [0.1, 0.15) is 11.1 Å². The highest BCUT2D eigenvalue weighted by atomic mass is 19.4. The van der Waals surface area contributed by atoms with Crippen LogP contribution in [0.4, 0.5) is 13.2 Å². The maximum Gasteiger partial charge on any atom is 0.416 e. The molecule has 0 unspecified atom stereocenters. The second-order valence-electron chi connectivity index (χ2n) is 4.21. The van der Waals surface area contributed by atoms with Gasteiger partial charge in [0.05, 0.1) is 17.8 Å². The molecule has 0 saturated heterocycles. The third-order valence-corrected chi connectivity index (χ3v) is 2.76. The summed E-state index contributed by atoms with van der Waals surface area (Å²) in [6.45, 7) is 0.0615. The summed E-state index contributed by atoms with van der Waals surface area (Å²) in [7, 11) is 0. The van der Waals surface area contributed by atoms with Gasteiger partial charge in [-0.15, -0.1) is 0 Å². The summed E-state index contributed by atoms with van der Waals surface area (Å²) in [4.78, 5) is 0. The van der Waals surface area contributed by atoms with Crippen molar-refractivity contribution in [3.05, 3.63) is 41.7 Å². The van der Waals surface area contributed by atoms with E-state index in [1.165, 1.54) is 17.1 Å². The molecule has 7 heteroatoms. The Kier molecular flexibility index (Phi) is 3.77. The number of hydrogen-bond acceptors (Lipinski definition) is 3. The minimum absolute atomic E-state index is 0.0171. The van der Waals surface area contributed by atoms with Crippen molar-refractivity contribution in [1.82, 2.24) is 9.78 Å². The Morgan fingerprint density at radius 2 is 2.00 bits per heavy atom. The molecule has 2 aromatic rings. The SMILES string of the molecule is N#CCn1cc(-c2cc(CN)cc(C(F)(F)F)c2)cn1. The lowest BCUT2D eigenvalue weighted by atomic mass is 10.0. The van der Waals surface area contributed by atoms with Crippen LogP contribution in [0.25, 0.3) is 11.1 Å². The van der Waals surface area contributed by atoms with E-state index in [2.05, 4.69) is 5.10 Å². The molecule has 0 aliphatic rings. The fourth-order valence-corrected chi connectivity index (χ4v) is 1.81. The van der Waals surface area contributed by atoms with Crippen LogP contribution in [-0.4, -0.2) is 9.78 Å². The largest absolute Gasteiger partial charge is 0.416 e. The van der Waals surface area contributed by atoms with Crippen LogP contribution in [0.5, 0.6) is 0 Å². The first-order valence-electron chi connectivity index (χ1n) is 5.75. The van der Waals surface area contributed by atoms with Crippen molar-refractivity contribution in [3.8, 4) is 17.2 Å². The molecule has 0 bridgehead atoms. The zero-order valence-corrected chi connectivity index (χ0v) is 10.4. The van der Waals surface area contributed by atoms with E-state index in [9.17, 15) is 13.2 Å². The summed E-state index contributed by atoms with van der Waals surface area (Å²) in [5.41, 5.74) is 5.97. The average Bonchev–Trinajstić information content (AvgIpc) is 2.86. The second-order valence-corrected chi connectivity index (χ2v) is 4.21. The van der Waals surface area contributed by atoms with Crippen molar-refractivity contribution in [1.29, 1.82) is 5.26 Å². The molecule has 0 radical (unpaired) electrons.